The summed E-state index contributed by atoms with van der Waals surface area (Å²) in [5.41, 5.74) is 0.813. The Kier molecular flexibility index (Phi) is 4.72. The van der Waals surface area contributed by atoms with Crippen LogP contribution in [0.25, 0.3) is 6.08 Å². The van der Waals surface area contributed by atoms with E-state index in [1.165, 1.54) is 13.0 Å². The predicted octanol–water partition coefficient (Wildman–Crippen LogP) is 1.94. The number of carboxylic acids is 1. The number of benzene rings is 1. The van der Waals surface area contributed by atoms with Gasteiger partial charge >= 0.3 is 5.97 Å². The largest absolute Gasteiger partial charge is 0.480 e. The van der Waals surface area contributed by atoms with Crippen LogP contribution in [0.2, 0.25) is 5.02 Å². The molecule has 1 atom stereocenters. The average Bonchev–Trinajstić information content (AvgIpc) is 2.28. The van der Waals surface area contributed by atoms with Crippen molar-refractivity contribution in [3.05, 3.63) is 40.9 Å². The topological polar surface area (TPSA) is 66.4 Å². The van der Waals surface area contributed by atoms with Crippen LogP contribution in [-0.4, -0.2) is 23.0 Å². The van der Waals surface area contributed by atoms with Gasteiger partial charge in [0.1, 0.15) is 6.04 Å². The fourth-order valence-corrected chi connectivity index (χ4v) is 1.20. The molecule has 0 aromatic heterocycles. The number of hydrogen-bond donors (Lipinski definition) is 2. The summed E-state index contributed by atoms with van der Waals surface area (Å²) in [4.78, 5) is 21.8. The van der Waals surface area contributed by atoms with Gasteiger partial charge in [0.15, 0.2) is 0 Å². The lowest BCUT2D eigenvalue weighted by Gasteiger charge is -2.05. The number of halogens is 1. The summed E-state index contributed by atoms with van der Waals surface area (Å²) in [7, 11) is 0. The van der Waals surface area contributed by atoms with Crippen LogP contribution in [0.15, 0.2) is 30.3 Å². The van der Waals surface area contributed by atoms with Gasteiger partial charge in [0, 0.05) is 11.1 Å². The third-order valence-corrected chi connectivity index (χ3v) is 2.28. The molecule has 0 heterocycles. The van der Waals surface area contributed by atoms with Gasteiger partial charge in [-0.25, -0.2) is 0 Å². The molecule has 1 rings (SSSR count). The summed E-state index contributed by atoms with van der Waals surface area (Å²) in [6.07, 6.45) is 2.86. The SMILES string of the molecule is C[C@@H](NC(=O)/C=C\c1ccc(Cl)cc1)C(=O)O. The van der Waals surface area contributed by atoms with Gasteiger partial charge in [0.25, 0.3) is 0 Å². The van der Waals surface area contributed by atoms with Crippen LogP contribution in [-0.2, 0) is 9.59 Å². The molecular weight excluding hydrogens is 242 g/mol. The third-order valence-electron chi connectivity index (χ3n) is 2.03. The van der Waals surface area contributed by atoms with Gasteiger partial charge in [-0.2, -0.15) is 0 Å². The first-order valence-electron chi connectivity index (χ1n) is 4.96. The van der Waals surface area contributed by atoms with E-state index >= 15 is 0 Å². The van der Waals surface area contributed by atoms with Crippen molar-refractivity contribution in [1.82, 2.24) is 5.32 Å². The van der Waals surface area contributed by atoms with Gasteiger partial charge in [0.2, 0.25) is 5.91 Å². The van der Waals surface area contributed by atoms with E-state index in [0.29, 0.717) is 5.02 Å². The van der Waals surface area contributed by atoms with Crippen LogP contribution in [0.5, 0.6) is 0 Å². The smallest absolute Gasteiger partial charge is 0.325 e. The monoisotopic (exact) mass is 253 g/mol. The number of hydrogen-bond acceptors (Lipinski definition) is 2. The van der Waals surface area contributed by atoms with Crippen LogP contribution in [0.4, 0.5) is 0 Å². The zero-order valence-electron chi connectivity index (χ0n) is 9.18. The van der Waals surface area contributed by atoms with Gasteiger partial charge in [0.05, 0.1) is 0 Å². The van der Waals surface area contributed by atoms with Gasteiger partial charge in [-0.3, -0.25) is 9.59 Å². The molecule has 0 aliphatic rings. The second-order valence-corrected chi connectivity index (χ2v) is 3.89. The minimum absolute atomic E-state index is 0.449. The lowest BCUT2D eigenvalue weighted by atomic mass is 10.2. The first-order chi connectivity index (χ1) is 7.99. The van der Waals surface area contributed by atoms with E-state index in [1.54, 1.807) is 30.3 Å². The number of carbonyl (C=O) groups excluding carboxylic acids is 1. The van der Waals surface area contributed by atoms with E-state index in [2.05, 4.69) is 5.32 Å². The van der Waals surface area contributed by atoms with Crippen LogP contribution in [0.1, 0.15) is 12.5 Å². The molecule has 0 saturated carbocycles. The number of amides is 1. The van der Waals surface area contributed by atoms with Gasteiger partial charge in [-0.15, -0.1) is 0 Å². The van der Waals surface area contributed by atoms with Crippen LogP contribution < -0.4 is 5.32 Å². The lowest BCUT2D eigenvalue weighted by molar-refractivity contribution is -0.140. The third kappa shape index (κ3) is 4.70. The second-order valence-electron chi connectivity index (χ2n) is 3.45. The standard InChI is InChI=1S/C12H12ClNO3/c1-8(12(16)17)14-11(15)7-4-9-2-5-10(13)6-3-9/h2-8H,1H3,(H,14,15)(H,16,17)/b7-4-/t8-/m1/s1. The first-order valence-corrected chi connectivity index (χ1v) is 5.34. The maximum absolute atomic E-state index is 11.3. The molecule has 17 heavy (non-hydrogen) atoms. The predicted molar refractivity (Wildman–Crippen MR) is 65.7 cm³/mol. The first kappa shape index (κ1) is 13.3. The molecule has 0 aliphatic carbocycles. The zero-order chi connectivity index (χ0) is 12.8. The zero-order valence-corrected chi connectivity index (χ0v) is 9.94. The number of nitrogens with one attached hydrogen (secondary N) is 1. The minimum Gasteiger partial charge on any atom is -0.480 e. The van der Waals surface area contributed by atoms with Crippen molar-refractivity contribution < 1.29 is 14.7 Å². The Morgan fingerprint density at radius 2 is 1.94 bits per heavy atom. The maximum atomic E-state index is 11.3. The lowest BCUT2D eigenvalue weighted by Crippen LogP contribution is -2.37. The highest BCUT2D eigenvalue weighted by Crippen LogP contribution is 2.10. The molecule has 1 amide bonds. The number of carboxylic acid groups (broad SMARTS) is 1. The Morgan fingerprint density at radius 3 is 2.47 bits per heavy atom. The van der Waals surface area contributed by atoms with Crippen LogP contribution >= 0.6 is 11.6 Å². The highest BCUT2D eigenvalue weighted by atomic mass is 35.5. The van der Waals surface area contributed by atoms with Crippen molar-refractivity contribution in [3.8, 4) is 0 Å². The highest BCUT2D eigenvalue weighted by Gasteiger charge is 2.11. The molecule has 0 radical (unpaired) electrons. The highest BCUT2D eigenvalue weighted by molar-refractivity contribution is 6.30. The fraction of sp³-hybridized carbons (Fsp3) is 0.167. The molecule has 0 fully saturated rings. The summed E-state index contributed by atoms with van der Waals surface area (Å²) < 4.78 is 0. The summed E-state index contributed by atoms with van der Waals surface area (Å²) in [6.45, 7) is 1.40. The Morgan fingerprint density at radius 1 is 1.35 bits per heavy atom. The van der Waals surface area contributed by atoms with Gasteiger partial charge in [-0.1, -0.05) is 23.7 Å². The molecule has 1 aromatic carbocycles. The molecule has 0 saturated heterocycles. The number of rotatable bonds is 4. The van der Waals surface area contributed by atoms with Crippen molar-refractivity contribution in [3.63, 3.8) is 0 Å². The molecular formula is C12H12ClNO3. The summed E-state index contributed by atoms with van der Waals surface area (Å²) in [6, 6.07) is 6.02. The van der Waals surface area contributed by atoms with Crippen LogP contribution in [0.3, 0.4) is 0 Å². The quantitative estimate of drug-likeness (QED) is 0.806. The van der Waals surface area contributed by atoms with Gasteiger partial charge in [-0.05, 0) is 30.7 Å². The normalized spacial score (nSPS) is 12.4. The van der Waals surface area contributed by atoms with E-state index in [1.807, 2.05) is 0 Å². The van der Waals surface area contributed by atoms with E-state index < -0.39 is 17.9 Å². The fourth-order valence-electron chi connectivity index (χ4n) is 1.07. The molecule has 0 unspecified atom stereocenters. The van der Waals surface area contributed by atoms with Crippen molar-refractivity contribution >= 4 is 29.6 Å². The summed E-state index contributed by atoms with van der Waals surface area (Å²) in [5.74, 6) is -1.52. The maximum Gasteiger partial charge on any atom is 0.325 e. The molecule has 0 spiro atoms. The molecule has 90 valence electrons. The molecule has 0 aliphatic heterocycles. The molecule has 2 N–H and O–H groups in total. The van der Waals surface area contributed by atoms with E-state index in [-0.39, 0.29) is 0 Å². The molecule has 1 aromatic rings. The second kappa shape index (κ2) is 6.06. The Hall–Kier alpha value is -1.81. The van der Waals surface area contributed by atoms with Crippen LogP contribution in [0, 0.1) is 0 Å². The molecule has 4 nitrogen and oxygen atoms in total. The van der Waals surface area contributed by atoms with Crippen molar-refractivity contribution in [2.24, 2.45) is 0 Å². The summed E-state index contributed by atoms with van der Waals surface area (Å²) in [5, 5.41) is 11.5. The van der Waals surface area contributed by atoms with Crippen molar-refractivity contribution in [2.75, 3.05) is 0 Å². The van der Waals surface area contributed by atoms with Gasteiger partial charge < -0.3 is 10.4 Å². The Bertz CT molecular complexity index is 440. The van der Waals surface area contributed by atoms with E-state index in [0.717, 1.165) is 5.56 Å². The number of aliphatic carboxylic acids is 1. The minimum atomic E-state index is -1.07. The Balaban J connectivity index is 2.56. The van der Waals surface area contributed by atoms with Crippen molar-refractivity contribution in [1.29, 1.82) is 0 Å². The Labute approximate surface area is 104 Å². The molecule has 0 bridgehead atoms. The number of carbonyl (C=O) groups is 2. The van der Waals surface area contributed by atoms with E-state index in [4.69, 9.17) is 16.7 Å². The van der Waals surface area contributed by atoms with E-state index in [9.17, 15) is 9.59 Å². The van der Waals surface area contributed by atoms with Crippen molar-refractivity contribution in [2.45, 2.75) is 13.0 Å². The molecule has 5 heteroatoms. The summed E-state index contributed by atoms with van der Waals surface area (Å²) >= 11 is 5.71. The average molecular weight is 254 g/mol.